The molecular formula is C13H7F4NO. The van der Waals surface area contributed by atoms with Gasteiger partial charge >= 0.3 is 6.18 Å². The van der Waals surface area contributed by atoms with E-state index in [-0.39, 0.29) is 11.3 Å². The number of rotatable bonds is 2. The second-order valence-corrected chi connectivity index (χ2v) is 3.79. The zero-order valence-corrected chi connectivity index (χ0v) is 9.41. The number of hydrogen-bond donors (Lipinski definition) is 0. The van der Waals surface area contributed by atoms with Gasteiger partial charge in [-0.05, 0) is 30.3 Å². The average Bonchev–Trinajstić information content (AvgIpc) is 2.38. The molecule has 6 heteroatoms. The van der Waals surface area contributed by atoms with Crippen LogP contribution in [0, 0.1) is 5.82 Å². The lowest BCUT2D eigenvalue weighted by Crippen LogP contribution is -2.05. The molecule has 0 bridgehead atoms. The van der Waals surface area contributed by atoms with Gasteiger partial charge in [0.1, 0.15) is 5.82 Å². The van der Waals surface area contributed by atoms with Crippen LogP contribution >= 0.6 is 0 Å². The fraction of sp³-hybridized carbons (Fsp3) is 0.0769. The van der Waals surface area contributed by atoms with Gasteiger partial charge in [-0.25, -0.2) is 4.39 Å². The van der Waals surface area contributed by atoms with Gasteiger partial charge in [-0.1, -0.05) is 0 Å². The number of hydrogen-bond acceptors (Lipinski definition) is 2. The Hall–Kier alpha value is -2.24. The Kier molecular flexibility index (Phi) is 3.33. The summed E-state index contributed by atoms with van der Waals surface area (Å²) in [7, 11) is 0. The molecule has 0 N–H and O–H groups in total. The van der Waals surface area contributed by atoms with Gasteiger partial charge < -0.3 is 0 Å². The number of carbonyl (C=O) groups is 1. The van der Waals surface area contributed by atoms with Crippen LogP contribution in [0.25, 0.3) is 11.3 Å². The number of benzene rings is 1. The number of aldehydes is 1. The summed E-state index contributed by atoms with van der Waals surface area (Å²) in [5, 5.41) is 0. The highest BCUT2D eigenvalue weighted by molar-refractivity contribution is 5.75. The highest BCUT2D eigenvalue weighted by Gasteiger charge is 2.31. The molecular weight excluding hydrogens is 262 g/mol. The number of halogens is 4. The van der Waals surface area contributed by atoms with Crippen molar-refractivity contribution < 1.29 is 22.4 Å². The normalized spacial score (nSPS) is 11.4. The molecule has 0 unspecified atom stereocenters. The van der Waals surface area contributed by atoms with E-state index in [2.05, 4.69) is 4.98 Å². The summed E-state index contributed by atoms with van der Waals surface area (Å²) in [5.41, 5.74) is -0.642. The molecule has 0 aliphatic carbocycles. The van der Waals surface area contributed by atoms with Gasteiger partial charge in [0.25, 0.3) is 0 Å². The summed E-state index contributed by atoms with van der Waals surface area (Å²) in [4.78, 5) is 14.3. The van der Waals surface area contributed by atoms with Gasteiger partial charge in [0.2, 0.25) is 0 Å². The second-order valence-electron chi connectivity index (χ2n) is 3.79. The molecule has 0 spiro atoms. The van der Waals surface area contributed by atoms with Gasteiger partial charge in [0.15, 0.2) is 6.29 Å². The van der Waals surface area contributed by atoms with Crippen LogP contribution in [0.5, 0.6) is 0 Å². The van der Waals surface area contributed by atoms with E-state index in [1.807, 2.05) is 0 Å². The topological polar surface area (TPSA) is 30.0 Å². The summed E-state index contributed by atoms with van der Waals surface area (Å²) >= 11 is 0. The molecule has 19 heavy (non-hydrogen) atoms. The van der Waals surface area contributed by atoms with Gasteiger partial charge in [0, 0.05) is 17.3 Å². The van der Waals surface area contributed by atoms with E-state index < -0.39 is 17.6 Å². The maximum atomic E-state index is 13.6. The lowest BCUT2D eigenvalue weighted by atomic mass is 10.1. The van der Waals surface area contributed by atoms with Crippen molar-refractivity contribution in [3.05, 3.63) is 53.5 Å². The zero-order valence-electron chi connectivity index (χ0n) is 9.41. The maximum Gasteiger partial charge on any atom is 0.416 e. The predicted octanol–water partition coefficient (Wildman–Crippen LogP) is 3.72. The third-order valence-corrected chi connectivity index (χ3v) is 2.49. The summed E-state index contributed by atoms with van der Waals surface area (Å²) in [6, 6.07) is 5.00. The van der Waals surface area contributed by atoms with Crippen LogP contribution in [0.2, 0.25) is 0 Å². The summed E-state index contributed by atoms with van der Waals surface area (Å²) in [6.45, 7) is 0. The summed E-state index contributed by atoms with van der Waals surface area (Å²) in [5.74, 6) is -1.01. The first kappa shape index (κ1) is 13.2. The Morgan fingerprint density at radius 3 is 2.32 bits per heavy atom. The Bertz CT molecular complexity index is 605. The van der Waals surface area contributed by atoms with E-state index >= 15 is 0 Å². The van der Waals surface area contributed by atoms with Crippen LogP contribution in [-0.4, -0.2) is 11.3 Å². The molecule has 2 nitrogen and oxygen atoms in total. The monoisotopic (exact) mass is 269 g/mol. The fourth-order valence-electron chi connectivity index (χ4n) is 1.53. The van der Waals surface area contributed by atoms with Crippen LogP contribution in [0.15, 0.2) is 36.5 Å². The van der Waals surface area contributed by atoms with Gasteiger partial charge in [0.05, 0.1) is 11.3 Å². The quantitative estimate of drug-likeness (QED) is 0.614. The third-order valence-electron chi connectivity index (χ3n) is 2.49. The summed E-state index contributed by atoms with van der Waals surface area (Å²) in [6.07, 6.45) is -2.80. The van der Waals surface area contributed by atoms with Crippen LogP contribution in [0.4, 0.5) is 17.6 Å². The lowest BCUT2D eigenvalue weighted by molar-refractivity contribution is -0.137. The zero-order chi connectivity index (χ0) is 14.0. The van der Waals surface area contributed by atoms with Crippen molar-refractivity contribution in [2.24, 2.45) is 0 Å². The molecule has 2 aromatic rings. The molecule has 0 radical (unpaired) electrons. The van der Waals surface area contributed by atoms with E-state index in [1.165, 1.54) is 18.3 Å². The molecule has 1 aromatic carbocycles. The number of alkyl halides is 3. The molecule has 0 fully saturated rings. The highest BCUT2D eigenvalue weighted by Crippen LogP contribution is 2.32. The largest absolute Gasteiger partial charge is 0.416 e. The minimum Gasteiger partial charge on any atom is -0.298 e. The lowest BCUT2D eigenvalue weighted by Gasteiger charge is -2.08. The van der Waals surface area contributed by atoms with Crippen molar-refractivity contribution in [1.82, 2.24) is 4.98 Å². The van der Waals surface area contributed by atoms with Crippen LogP contribution in [0.3, 0.4) is 0 Å². The van der Waals surface area contributed by atoms with Crippen molar-refractivity contribution in [2.75, 3.05) is 0 Å². The molecule has 98 valence electrons. The molecule has 0 atom stereocenters. The number of pyridine rings is 1. The van der Waals surface area contributed by atoms with Gasteiger partial charge in [-0.2, -0.15) is 13.2 Å². The van der Waals surface area contributed by atoms with Gasteiger partial charge in [-0.15, -0.1) is 0 Å². The predicted molar refractivity (Wildman–Crippen MR) is 60.0 cm³/mol. The fourth-order valence-corrected chi connectivity index (χ4v) is 1.53. The first-order chi connectivity index (χ1) is 8.91. The standard InChI is InChI=1S/C13H7F4NO/c14-11-5-9(13(15,16)17)2-3-10(11)12-4-1-8(7-19)6-18-12/h1-7H. The molecule has 1 aromatic heterocycles. The van der Waals surface area contributed by atoms with Crippen molar-refractivity contribution in [2.45, 2.75) is 6.18 Å². The number of carbonyl (C=O) groups excluding carboxylic acids is 1. The van der Waals surface area contributed by atoms with Crippen LogP contribution in [0.1, 0.15) is 15.9 Å². The van der Waals surface area contributed by atoms with Crippen molar-refractivity contribution in [3.8, 4) is 11.3 Å². The van der Waals surface area contributed by atoms with E-state index in [0.29, 0.717) is 17.9 Å². The molecule has 0 amide bonds. The van der Waals surface area contributed by atoms with Crippen molar-refractivity contribution in [3.63, 3.8) is 0 Å². The molecule has 0 saturated carbocycles. The van der Waals surface area contributed by atoms with E-state index in [0.717, 1.165) is 12.1 Å². The van der Waals surface area contributed by atoms with E-state index in [9.17, 15) is 22.4 Å². The SMILES string of the molecule is O=Cc1ccc(-c2ccc(C(F)(F)F)cc2F)nc1. The van der Waals surface area contributed by atoms with E-state index in [1.54, 1.807) is 0 Å². The van der Waals surface area contributed by atoms with Crippen molar-refractivity contribution >= 4 is 6.29 Å². The Morgan fingerprint density at radius 1 is 1.11 bits per heavy atom. The molecule has 0 aliphatic heterocycles. The minimum absolute atomic E-state index is 0.0505. The number of aromatic nitrogens is 1. The minimum atomic E-state index is -4.59. The Balaban J connectivity index is 2.42. The van der Waals surface area contributed by atoms with Crippen LogP contribution < -0.4 is 0 Å². The van der Waals surface area contributed by atoms with Crippen molar-refractivity contribution in [1.29, 1.82) is 0 Å². The smallest absolute Gasteiger partial charge is 0.298 e. The Morgan fingerprint density at radius 2 is 1.84 bits per heavy atom. The van der Waals surface area contributed by atoms with Crippen LogP contribution in [-0.2, 0) is 6.18 Å². The molecule has 2 rings (SSSR count). The highest BCUT2D eigenvalue weighted by atomic mass is 19.4. The first-order valence-electron chi connectivity index (χ1n) is 5.20. The molecule has 0 saturated heterocycles. The average molecular weight is 269 g/mol. The Labute approximate surface area is 105 Å². The summed E-state index contributed by atoms with van der Waals surface area (Å²) < 4.78 is 50.8. The maximum absolute atomic E-state index is 13.6. The van der Waals surface area contributed by atoms with E-state index in [4.69, 9.17) is 0 Å². The van der Waals surface area contributed by atoms with Gasteiger partial charge in [-0.3, -0.25) is 9.78 Å². The second kappa shape index (κ2) is 4.79. The molecule has 0 aliphatic rings. The third kappa shape index (κ3) is 2.78. The molecule has 1 heterocycles. The first-order valence-corrected chi connectivity index (χ1v) is 5.20. The number of nitrogens with zero attached hydrogens (tertiary/aromatic N) is 1.